The lowest BCUT2D eigenvalue weighted by Crippen LogP contribution is -2.22. The molecule has 7 heteroatoms. The molecule has 2 rings (SSSR count). The Kier molecular flexibility index (Phi) is 5.31. The molecule has 5 nitrogen and oxygen atoms in total. The molecule has 2 aromatic heterocycles. The van der Waals surface area contributed by atoms with Crippen molar-refractivity contribution in [3.8, 4) is 0 Å². The number of amides is 1. The number of hydrogen-bond acceptors (Lipinski definition) is 5. The zero-order valence-electron chi connectivity index (χ0n) is 12.7. The summed E-state index contributed by atoms with van der Waals surface area (Å²) in [6, 6.07) is 3.27. The third kappa shape index (κ3) is 4.14. The van der Waals surface area contributed by atoms with Crippen molar-refractivity contribution in [2.24, 2.45) is 5.92 Å². The van der Waals surface area contributed by atoms with Crippen molar-refractivity contribution < 1.29 is 14.7 Å². The normalized spacial score (nSPS) is 10.9. The van der Waals surface area contributed by atoms with Crippen LogP contribution in [0.1, 0.15) is 48.8 Å². The van der Waals surface area contributed by atoms with Gasteiger partial charge in [-0.1, -0.05) is 13.8 Å². The van der Waals surface area contributed by atoms with E-state index in [4.69, 9.17) is 5.11 Å². The van der Waals surface area contributed by atoms with E-state index in [0.717, 1.165) is 22.0 Å². The Morgan fingerprint density at radius 1 is 1.32 bits per heavy atom. The lowest BCUT2D eigenvalue weighted by molar-refractivity contribution is 0.0702. The number of carbonyl (C=O) groups is 2. The molecule has 0 aliphatic carbocycles. The molecule has 0 aliphatic heterocycles. The van der Waals surface area contributed by atoms with Crippen LogP contribution in [0.15, 0.2) is 12.1 Å². The smallest absolute Gasteiger partial charge is 0.345 e. The van der Waals surface area contributed by atoms with E-state index in [2.05, 4.69) is 24.1 Å². The topological polar surface area (TPSA) is 79.3 Å². The summed E-state index contributed by atoms with van der Waals surface area (Å²) in [6.07, 6.45) is 0.773. The number of aromatic nitrogens is 1. The molecular weight excluding hydrogens is 320 g/mol. The lowest BCUT2D eigenvalue weighted by atomic mass is 10.1. The number of aryl methyl sites for hydroxylation is 1. The Bertz CT molecular complexity index is 689. The minimum absolute atomic E-state index is 0.147. The standard InChI is InChI=1S/C15H18N2O3S2/c1-8(2)6-11-13(21-9(3)17-11)14(18)16-7-10-4-5-12(22-10)15(19)20/h4-5,8H,6-7H2,1-3H3,(H,16,18)(H,19,20). The van der Waals surface area contributed by atoms with Crippen LogP contribution in [0.25, 0.3) is 0 Å². The summed E-state index contributed by atoms with van der Waals surface area (Å²) < 4.78 is 0. The predicted octanol–water partition coefficient (Wildman–Crippen LogP) is 3.34. The monoisotopic (exact) mass is 338 g/mol. The van der Waals surface area contributed by atoms with Gasteiger partial charge in [-0.05, 0) is 31.4 Å². The summed E-state index contributed by atoms with van der Waals surface area (Å²) in [7, 11) is 0. The number of rotatable bonds is 6. The third-order valence-electron chi connectivity index (χ3n) is 2.91. The summed E-state index contributed by atoms with van der Waals surface area (Å²) in [4.78, 5) is 29.3. The summed E-state index contributed by atoms with van der Waals surface area (Å²) in [6.45, 7) is 6.41. The average molecular weight is 338 g/mol. The number of aromatic carboxylic acids is 1. The molecule has 2 aromatic rings. The number of carbonyl (C=O) groups excluding carboxylic acids is 1. The van der Waals surface area contributed by atoms with Crippen LogP contribution >= 0.6 is 22.7 Å². The summed E-state index contributed by atoms with van der Waals surface area (Å²) in [5.41, 5.74) is 0.840. The van der Waals surface area contributed by atoms with E-state index in [0.29, 0.717) is 17.3 Å². The van der Waals surface area contributed by atoms with Crippen molar-refractivity contribution in [3.05, 3.63) is 37.5 Å². The average Bonchev–Trinajstić information content (AvgIpc) is 3.02. The SMILES string of the molecule is Cc1nc(CC(C)C)c(C(=O)NCc2ccc(C(=O)O)s2)s1. The van der Waals surface area contributed by atoms with Gasteiger partial charge in [0.05, 0.1) is 17.2 Å². The molecule has 0 aromatic carbocycles. The molecule has 0 atom stereocenters. The molecule has 0 bridgehead atoms. The molecule has 0 unspecified atom stereocenters. The van der Waals surface area contributed by atoms with E-state index in [1.165, 1.54) is 22.7 Å². The fourth-order valence-electron chi connectivity index (χ4n) is 2.01. The second-order valence-corrected chi connectivity index (χ2v) is 7.73. The Hall–Kier alpha value is -1.73. The fourth-order valence-corrected chi connectivity index (χ4v) is 3.66. The van der Waals surface area contributed by atoms with E-state index in [1.807, 2.05) is 6.92 Å². The molecule has 1 amide bonds. The second kappa shape index (κ2) is 7.02. The van der Waals surface area contributed by atoms with E-state index in [-0.39, 0.29) is 10.8 Å². The number of thiophene rings is 1. The number of thiazole rings is 1. The maximum absolute atomic E-state index is 12.3. The quantitative estimate of drug-likeness (QED) is 0.846. The molecule has 0 spiro atoms. The summed E-state index contributed by atoms with van der Waals surface area (Å²) >= 11 is 2.57. The van der Waals surface area contributed by atoms with Gasteiger partial charge in [0.15, 0.2) is 0 Å². The first-order valence-corrected chi connectivity index (χ1v) is 8.56. The third-order valence-corrected chi connectivity index (χ3v) is 4.99. The van der Waals surface area contributed by atoms with Crippen LogP contribution in [0.2, 0.25) is 0 Å². The van der Waals surface area contributed by atoms with Gasteiger partial charge < -0.3 is 10.4 Å². The van der Waals surface area contributed by atoms with E-state index in [9.17, 15) is 9.59 Å². The summed E-state index contributed by atoms with van der Waals surface area (Å²) in [5, 5.41) is 12.6. The van der Waals surface area contributed by atoms with E-state index < -0.39 is 5.97 Å². The number of hydrogen-bond donors (Lipinski definition) is 2. The maximum atomic E-state index is 12.3. The van der Waals surface area contributed by atoms with Crippen molar-refractivity contribution >= 4 is 34.6 Å². The largest absolute Gasteiger partial charge is 0.477 e. The first-order valence-electron chi connectivity index (χ1n) is 6.93. The van der Waals surface area contributed by atoms with Crippen molar-refractivity contribution in [1.82, 2.24) is 10.3 Å². The van der Waals surface area contributed by atoms with Crippen molar-refractivity contribution in [1.29, 1.82) is 0 Å². The van der Waals surface area contributed by atoms with E-state index >= 15 is 0 Å². The van der Waals surface area contributed by atoms with Crippen molar-refractivity contribution in [2.75, 3.05) is 0 Å². The lowest BCUT2D eigenvalue weighted by Gasteiger charge is -2.05. The van der Waals surface area contributed by atoms with Gasteiger partial charge in [-0.3, -0.25) is 4.79 Å². The van der Waals surface area contributed by atoms with Crippen LogP contribution in [-0.2, 0) is 13.0 Å². The zero-order chi connectivity index (χ0) is 16.3. The first-order chi connectivity index (χ1) is 10.4. The minimum atomic E-state index is -0.945. The fraction of sp³-hybridized carbons (Fsp3) is 0.400. The number of carboxylic acids is 1. The highest BCUT2D eigenvalue weighted by Gasteiger charge is 2.17. The van der Waals surface area contributed by atoms with Crippen molar-refractivity contribution in [2.45, 2.75) is 33.7 Å². The van der Waals surface area contributed by atoms with Gasteiger partial charge >= 0.3 is 5.97 Å². The molecule has 0 aliphatic rings. The molecule has 118 valence electrons. The Labute approximate surface area is 137 Å². The first kappa shape index (κ1) is 16.6. The Morgan fingerprint density at radius 3 is 2.64 bits per heavy atom. The van der Waals surface area contributed by atoms with Crippen LogP contribution in [0.4, 0.5) is 0 Å². The number of carboxylic acid groups (broad SMARTS) is 1. The van der Waals surface area contributed by atoms with Gasteiger partial charge in [0.25, 0.3) is 5.91 Å². The maximum Gasteiger partial charge on any atom is 0.345 e. The van der Waals surface area contributed by atoms with Gasteiger partial charge in [-0.15, -0.1) is 22.7 Å². The molecule has 0 saturated carbocycles. The van der Waals surface area contributed by atoms with E-state index in [1.54, 1.807) is 12.1 Å². The van der Waals surface area contributed by atoms with Gasteiger partial charge in [0.1, 0.15) is 9.75 Å². The molecule has 0 saturated heterocycles. The number of nitrogens with one attached hydrogen (secondary N) is 1. The Morgan fingerprint density at radius 2 is 2.05 bits per heavy atom. The van der Waals surface area contributed by atoms with Gasteiger partial charge in [-0.2, -0.15) is 0 Å². The highest BCUT2D eigenvalue weighted by Crippen LogP contribution is 2.21. The Balaban J connectivity index is 2.04. The van der Waals surface area contributed by atoms with Gasteiger partial charge in [-0.25, -0.2) is 9.78 Å². The predicted molar refractivity (Wildman–Crippen MR) is 87.8 cm³/mol. The van der Waals surface area contributed by atoms with Crippen LogP contribution in [0.5, 0.6) is 0 Å². The molecule has 0 radical (unpaired) electrons. The second-order valence-electron chi connectivity index (χ2n) is 5.36. The van der Waals surface area contributed by atoms with Gasteiger partial charge in [0, 0.05) is 4.88 Å². The van der Waals surface area contributed by atoms with Gasteiger partial charge in [0.2, 0.25) is 0 Å². The van der Waals surface area contributed by atoms with Crippen molar-refractivity contribution in [3.63, 3.8) is 0 Å². The van der Waals surface area contributed by atoms with Crippen LogP contribution in [0, 0.1) is 12.8 Å². The van der Waals surface area contributed by atoms with Crippen LogP contribution < -0.4 is 5.32 Å². The highest BCUT2D eigenvalue weighted by molar-refractivity contribution is 7.14. The molecular formula is C15H18N2O3S2. The minimum Gasteiger partial charge on any atom is -0.477 e. The molecule has 2 heterocycles. The molecule has 2 N–H and O–H groups in total. The highest BCUT2D eigenvalue weighted by atomic mass is 32.1. The summed E-state index contributed by atoms with van der Waals surface area (Å²) in [5.74, 6) is -0.658. The molecule has 22 heavy (non-hydrogen) atoms. The zero-order valence-corrected chi connectivity index (χ0v) is 14.3. The van der Waals surface area contributed by atoms with Crippen LogP contribution in [-0.4, -0.2) is 22.0 Å². The van der Waals surface area contributed by atoms with Crippen LogP contribution in [0.3, 0.4) is 0 Å². The number of nitrogens with zero attached hydrogens (tertiary/aromatic N) is 1. The molecule has 0 fully saturated rings.